The van der Waals surface area contributed by atoms with Crippen molar-refractivity contribution in [3.05, 3.63) is 0 Å². The molecule has 20 heavy (non-hydrogen) atoms. The molecule has 0 heterocycles. The van der Waals surface area contributed by atoms with Crippen LogP contribution in [0.3, 0.4) is 0 Å². The molecule has 0 bridgehead atoms. The lowest BCUT2D eigenvalue weighted by Crippen LogP contribution is -2.47. The maximum absolute atomic E-state index is 12.2. The Hall–Kier alpha value is -0.580. The van der Waals surface area contributed by atoms with Crippen molar-refractivity contribution in [2.75, 3.05) is 14.2 Å². The molecule has 1 unspecified atom stereocenters. The summed E-state index contributed by atoms with van der Waals surface area (Å²) >= 11 is 1.82. The van der Waals surface area contributed by atoms with E-state index in [1.807, 2.05) is 27.9 Å². The molecule has 0 fully saturated rings. The van der Waals surface area contributed by atoms with Crippen molar-refractivity contribution in [3.63, 3.8) is 0 Å². The van der Waals surface area contributed by atoms with E-state index in [1.54, 1.807) is 13.8 Å². The van der Waals surface area contributed by atoms with Crippen LogP contribution in [0.5, 0.6) is 0 Å². The van der Waals surface area contributed by atoms with Crippen LogP contribution in [-0.2, 0) is 14.4 Å². The molecule has 118 valence electrons. The molecular weight excluding hydrogens is 392 g/mol. The third-order valence-corrected chi connectivity index (χ3v) is 3.73. The molecule has 1 N–H and O–H groups in total. The molecule has 5 nitrogen and oxygen atoms in total. The van der Waals surface area contributed by atoms with Crippen molar-refractivity contribution >= 4 is 34.4 Å². The van der Waals surface area contributed by atoms with Crippen LogP contribution < -0.4 is 5.32 Å². The van der Waals surface area contributed by atoms with Gasteiger partial charge in [-0.1, -0.05) is 36.4 Å². The zero-order valence-corrected chi connectivity index (χ0v) is 13.8. The van der Waals surface area contributed by atoms with Gasteiger partial charge in [0.1, 0.15) is 0 Å². The first kappa shape index (κ1) is 19.4. The Labute approximate surface area is 129 Å². The van der Waals surface area contributed by atoms with Gasteiger partial charge in [0.05, 0.1) is 11.0 Å². The zero-order chi connectivity index (χ0) is 16.1. The van der Waals surface area contributed by atoms with Gasteiger partial charge >= 0.3 is 12.1 Å². The van der Waals surface area contributed by atoms with Crippen molar-refractivity contribution in [3.8, 4) is 0 Å². The number of carbonyl (C=O) groups is 2. The van der Waals surface area contributed by atoms with Gasteiger partial charge in [-0.25, -0.2) is 5.06 Å². The molecule has 0 aromatic carbocycles. The Morgan fingerprint density at radius 1 is 1.35 bits per heavy atom. The molecule has 0 radical (unpaired) electrons. The first-order valence-corrected chi connectivity index (χ1v) is 7.08. The average Bonchev–Trinajstić information content (AvgIpc) is 2.34. The van der Waals surface area contributed by atoms with Crippen LogP contribution in [-0.4, -0.2) is 47.2 Å². The summed E-state index contributed by atoms with van der Waals surface area (Å²) in [6.07, 6.45) is -4.84. The summed E-state index contributed by atoms with van der Waals surface area (Å²) in [7, 11) is 2.72. The quantitative estimate of drug-likeness (QED) is 0.414. The summed E-state index contributed by atoms with van der Waals surface area (Å²) in [4.78, 5) is 27.5. The maximum atomic E-state index is 12.2. The number of hydrogen-bond donors (Lipinski definition) is 1. The molecule has 0 spiro atoms. The molecule has 0 aromatic rings. The average molecular weight is 410 g/mol. The lowest BCUT2D eigenvalue weighted by atomic mass is 9.99. The second-order valence-corrected chi connectivity index (χ2v) is 6.05. The summed E-state index contributed by atoms with van der Waals surface area (Å²) < 4.78 is 36.1. The van der Waals surface area contributed by atoms with Gasteiger partial charge in [0, 0.05) is 13.1 Å². The lowest BCUT2D eigenvalue weighted by Gasteiger charge is -2.26. The number of amides is 2. The SMILES string of the molecule is CON(C)C(=O)C(I)C[C@@H](NC(=O)C(F)(F)F)C(C)C. The number of carbonyl (C=O) groups excluding carboxylic acids is 2. The van der Waals surface area contributed by atoms with Crippen LogP contribution in [0.1, 0.15) is 20.3 Å². The normalized spacial score (nSPS) is 14.8. The highest BCUT2D eigenvalue weighted by molar-refractivity contribution is 14.1. The summed E-state index contributed by atoms with van der Waals surface area (Å²) in [5, 5.41) is 2.92. The fourth-order valence-electron chi connectivity index (χ4n) is 1.36. The minimum Gasteiger partial charge on any atom is -0.345 e. The third-order valence-electron chi connectivity index (χ3n) is 2.69. The second kappa shape index (κ2) is 8.01. The summed E-state index contributed by atoms with van der Waals surface area (Å²) in [6, 6.07) is -0.750. The first-order chi connectivity index (χ1) is 9.00. The van der Waals surface area contributed by atoms with E-state index in [1.165, 1.54) is 14.2 Å². The van der Waals surface area contributed by atoms with Gasteiger partial charge in [-0.3, -0.25) is 14.4 Å². The Morgan fingerprint density at radius 2 is 1.85 bits per heavy atom. The van der Waals surface area contributed by atoms with E-state index in [4.69, 9.17) is 4.84 Å². The topological polar surface area (TPSA) is 58.6 Å². The first-order valence-electron chi connectivity index (χ1n) is 5.84. The Bertz CT molecular complexity index is 350. The Balaban J connectivity index is 4.72. The van der Waals surface area contributed by atoms with Gasteiger partial charge in [0.15, 0.2) is 0 Å². The number of hydroxylamine groups is 2. The molecular formula is C11H18F3IN2O3. The smallest absolute Gasteiger partial charge is 0.345 e. The van der Waals surface area contributed by atoms with Crippen LogP contribution in [0.4, 0.5) is 13.2 Å². The van der Waals surface area contributed by atoms with Crippen LogP contribution in [0.15, 0.2) is 0 Å². The maximum Gasteiger partial charge on any atom is 0.471 e. The van der Waals surface area contributed by atoms with E-state index < -0.39 is 22.0 Å². The molecule has 0 rings (SSSR count). The number of nitrogens with one attached hydrogen (secondary N) is 1. The summed E-state index contributed by atoms with van der Waals surface area (Å²) in [6.45, 7) is 3.35. The lowest BCUT2D eigenvalue weighted by molar-refractivity contribution is -0.175. The number of rotatable bonds is 6. The highest BCUT2D eigenvalue weighted by Gasteiger charge is 2.40. The minimum absolute atomic E-state index is 0.0899. The summed E-state index contributed by atoms with van der Waals surface area (Å²) in [5.41, 5.74) is 0. The van der Waals surface area contributed by atoms with Crippen molar-refractivity contribution in [1.82, 2.24) is 10.4 Å². The standard InChI is InChI=1S/C11H18F3IN2O3/c1-6(2)8(16-10(19)11(12,13)14)5-7(15)9(18)17(3)20-4/h6-8H,5H2,1-4H3,(H,16,19)/t7?,8-/m1/s1. The van der Waals surface area contributed by atoms with E-state index in [9.17, 15) is 22.8 Å². The molecule has 9 heteroatoms. The highest BCUT2D eigenvalue weighted by Crippen LogP contribution is 2.20. The Morgan fingerprint density at radius 3 is 2.20 bits per heavy atom. The van der Waals surface area contributed by atoms with Crippen LogP contribution in [0, 0.1) is 5.92 Å². The van der Waals surface area contributed by atoms with Crippen molar-refractivity contribution < 1.29 is 27.6 Å². The predicted molar refractivity (Wildman–Crippen MR) is 75.0 cm³/mol. The molecule has 2 atom stereocenters. The fraction of sp³-hybridized carbons (Fsp3) is 0.818. The molecule has 0 aliphatic rings. The van der Waals surface area contributed by atoms with E-state index in [-0.39, 0.29) is 18.2 Å². The van der Waals surface area contributed by atoms with Gasteiger partial charge in [0.2, 0.25) is 0 Å². The molecule has 0 aliphatic carbocycles. The monoisotopic (exact) mass is 410 g/mol. The zero-order valence-electron chi connectivity index (χ0n) is 11.6. The fourth-order valence-corrected chi connectivity index (χ4v) is 2.30. The number of nitrogens with zero attached hydrogens (tertiary/aromatic N) is 1. The van der Waals surface area contributed by atoms with E-state index in [0.29, 0.717) is 0 Å². The molecule has 2 amide bonds. The minimum atomic E-state index is -4.93. The van der Waals surface area contributed by atoms with Gasteiger partial charge < -0.3 is 5.32 Å². The van der Waals surface area contributed by atoms with E-state index >= 15 is 0 Å². The number of halogens is 4. The molecule has 0 saturated carbocycles. The van der Waals surface area contributed by atoms with Crippen molar-refractivity contribution in [2.24, 2.45) is 5.92 Å². The third kappa shape index (κ3) is 6.25. The van der Waals surface area contributed by atoms with Crippen LogP contribution >= 0.6 is 22.6 Å². The largest absolute Gasteiger partial charge is 0.471 e. The van der Waals surface area contributed by atoms with E-state index in [2.05, 4.69) is 0 Å². The van der Waals surface area contributed by atoms with Gasteiger partial charge in [-0.15, -0.1) is 0 Å². The summed E-state index contributed by atoms with van der Waals surface area (Å²) in [5.74, 6) is -2.61. The van der Waals surface area contributed by atoms with Crippen LogP contribution in [0.25, 0.3) is 0 Å². The highest BCUT2D eigenvalue weighted by atomic mass is 127. The second-order valence-electron chi connectivity index (χ2n) is 4.54. The van der Waals surface area contributed by atoms with E-state index in [0.717, 1.165) is 5.06 Å². The number of alkyl halides is 4. The van der Waals surface area contributed by atoms with Gasteiger partial charge in [0.25, 0.3) is 5.91 Å². The molecule has 0 aromatic heterocycles. The number of hydrogen-bond acceptors (Lipinski definition) is 3. The molecule has 0 aliphatic heterocycles. The van der Waals surface area contributed by atoms with Gasteiger partial charge in [-0.2, -0.15) is 13.2 Å². The molecule has 0 saturated heterocycles. The Kier molecular flexibility index (Phi) is 7.78. The predicted octanol–water partition coefficient (Wildman–Crippen LogP) is 1.90. The van der Waals surface area contributed by atoms with Gasteiger partial charge in [-0.05, 0) is 12.3 Å². The van der Waals surface area contributed by atoms with Crippen LogP contribution in [0.2, 0.25) is 0 Å². The van der Waals surface area contributed by atoms with Crippen molar-refractivity contribution in [2.45, 2.75) is 36.4 Å². The van der Waals surface area contributed by atoms with Crippen molar-refractivity contribution in [1.29, 1.82) is 0 Å².